The molecule has 2 aromatic rings. The number of rotatable bonds is 3. The van der Waals surface area contributed by atoms with E-state index in [0.717, 1.165) is 5.56 Å². The molecular weight excluding hydrogens is 261 g/mol. The summed E-state index contributed by atoms with van der Waals surface area (Å²) in [5, 5.41) is 8.80. The minimum atomic E-state index is -1.32. The van der Waals surface area contributed by atoms with Crippen LogP contribution in [-0.2, 0) is 16.6 Å². The first-order valence-electron chi connectivity index (χ1n) is 5.74. The Hall–Kier alpha value is -1.99. The fraction of sp³-hybridized carbons (Fsp3) is 0.133. The van der Waals surface area contributed by atoms with E-state index in [1.807, 2.05) is 31.2 Å². The maximum absolute atomic E-state index is 13.6. The first-order chi connectivity index (χ1) is 9.11. The zero-order chi connectivity index (χ0) is 13.8. The quantitative estimate of drug-likeness (QED) is 0.860. The van der Waals surface area contributed by atoms with Gasteiger partial charge in [0.2, 0.25) is 0 Å². The van der Waals surface area contributed by atoms with Crippen molar-refractivity contribution in [2.45, 2.75) is 17.6 Å². The van der Waals surface area contributed by atoms with Crippen LogP contribution < -0.4 is 0 Å². The molecule has 0 saturated heterocycles. The largest absolute Gasteiger partial charge is 0.254 e. The summed E-state index contributed by atoms with van der Waals surface area (Å²) in [6.45, 7) is 1.87. The molecule has 0 radical (unpaired) electrons. The van der Waals surface area contributed by atoms with Gasteiger partial charge in [-0.2, -0.15) is 5.26 Å². The molecule has 0 aromatic heterocycles. The highest BCUT2D eigenvalue weighted by Gasteiger charge is 2.11. The lowest BCUT2D eigenvalue weighted by Crippen LogP contribution is -2.01. The molecule has 1 atom stereocenters. The second kappa shape index (κ2) is 5.77. The summed E-state index contributed by atoms with van der Waals surface area (Å²) in [6.07, 6.45) is 0. The maximum atomic E-state index is 13.6. The third kappa shape index (κ3) is 3.07. The third-order valence-corrected chi connectivity index (χ3v) is 4.32. The van der Waals surface area contributed by atoms with Crippen LogP contribution in [0.5, 0.6) is 0 Å². The third-order valence-electron chi connectivity index (χ3n) is 2.80. The molecule has 2 nitrogen and oxygen atoms in total. The van der Waals surface area contributed by atoms with Gasteiger partial charge in [0.05, 0.1) is 28.2 Å². The summed E-state index contributed by atoms with van der Waals surface area (Å²) < 4.78 is 25.9. The Morgan fingerprint density at radius 2 is 2.00 bits per heavy atom. The Kier molecular flexibility index (Phi) is 4.08. The van der Waals surface area contributed by atoms with E-state index >= 15 is 0 Å². The predicted octanol–water partition coefficient (Wildman–Crippen LogP) is 3.31. The summed E-state index contributed by atoms with van der Waals surface area (Å²) in [5.41, 5.74) is 1.59. The van der Waals surface area contributed by atoms with Crippen molar-refractivity contribution in [1.29, 1.82) is 5.26 Å². The molecule has 2 rings (SSSR count). The molecule has 19 heavy (non-hydrogen) atoms. The molecular formula is C15H12FNOS. The van der Waals surface area contributed by atoms with E-state index < -0.39 is 16.6 Å². The summed E-state index contributed by atoms with van der Waals surface area (Å²) in [4.78, 5) is 0.698. The lowest BCUT2D eigenvalue weighted by atomic mass is 10.1. The minimum absolute atomic E-state index is 0.0756. The molecule has 0 amide bonds. The first kappa shape index (κ1) is 13.4. The van der Waals surface area contributed by atoms with Gasteiger partial charge in [-0.1, -0.05) is 18.2 Å². The van der Waals surface area contributed by atoms with Gasteiger partial charge in [-0.25, -0.2) is 4.39 Å². The van der Waals surface area contributed by atoms with Crippen LogP contribution in [0.1, 0.15) is 16.7 Å². The molecule has 96 valence electrons. The molecule has 0 saturated carbocycles. The minimum Gasteiger partial charge on any atom is -0.254 e. The monoisotopic (exact) mass is 273 g/mol. The summed E-state index contributed by atoms with van der Waals surface area (Å²) in [6, 6.07) is 13.4. The Morgan fingerprint density at radius 3 is 2.68 bits per heavy atom. The van der Waals surface area contributed by atoms with Crippen molar-refractivity contribution in [3.05, 3.63) is 65.0 Å². The molecule has 2 aromatic carbocycles. The SMILES string of the molecule is Cc1ccccc1S(=O)Cc1cc(C#N)ccc1F. The van der Waals surface area contributed by atoms with Crippen molar-refractivity contribution < 1.29 is 8.60 Å². The molecule has 0 N–H and O–H groups in total. The topological polar surface area (TPSA) is 40.9 Å². The van der Waals surface area contributed by atoms with E-state index in [-0.39, 0.29) is 5.75 Å². The fourth-order valence-electron chi connectivity index (χ4n) is 1.79. The van der Waals surface area contributed by atoms with Crippen LogP contribution in [0, 0.1) is 24.1 Å². The highest BCUT2D eigenvalue weighted by molar-refractivity contribution is 7.84. The fourth-order valence-corrected chi connectivity index (χ4v) is 3.10. The molecule has 1 unspecified atom stereocenters. The lowest BCUT2D eigenvalue weighted by Gasteiger charge is -2.07. The van der Waals surface area contributed by atoms with Gasteiger partial charge in [0.25, 0.3) is 0 Å². The van der Waals surface area contributed by atoms with Gasteiger partial charge in [-0.3, -0.25) is 4.21 Å². The van der Waals surface area contributed by atoms with Gasteiger partial charge < -0.3 is 0 Å². The molecule has 0 heterocycles. The molecule has 0 bridgehead atoms. The zero-order valence-electron chi connectivity index (χ0n) is 10.4. The standard InChI is InChI=1S/C15H12FNOS/c1-11-4-2-3-5-15(11)19(18)10-13-8-12(9-17)6-7-14(13)16/h2-8H,10H2,1H3. The van der Waals surface area contributed by atoms with Gasteiger partial charge in [-0.15, -0.1) is 0 Å². The molecule has 4 heteroatoms. The Bertz CT molecular complexity index is 676. The number of nitrogens with zero attached hydrogens (tertiary/aromatic N) is 1. The number of nitriles is 1. The summed E-state index contributed by atoms with van der Waals surface area (Å²) in [7, 11) is -1.32. The predicted molar refractivity (Wildman–Crippen MR) is 72.4 cm³/mol. The number of hydrogen-bond donors (Lipinski definition) is 0. The summed E-state index contributed by atoms with van der Waals surface area (Å²) >= 11 is 0. The van der Waals surface area contributed by atoms with E-state index in [2.05, 4.69) is 0 Å². The van der Waals surface area contributed by atoms with Gasteiger partial charge in [0, 0.05) is 10.5 Å². The van der Waals surface area contributed by atoms with Crippen LogP contribution in [0.2, 0.25) is 0 Å². The molecule has 0 aliphatic heterocycles. The number of hydrogen-bond acceptors (Lipinski definition) is 2. The van der Waals surface area contributed by atoms with E-state index in [0.29, 0.717) is 16.0 Å². The first-order valence-corrected chi connectivity index (χ1v) is 7.06. The highest BCUT2D eigenvalue weighted by atomic mass is 32.2. The van der Waals surface area contributed by atoms with E-state index in [1.165, 1.54) is 18.2 Å². The van der Waals surface area contributed by atoms with Gasteiger partial charge in [-0.05, 0) is 36.8 Å². The van der Waals surface area contributed by atoms with Crippen LogP contribution >= 0.6 is 0 Å². The van der Waals surface area contributed by atoms with E-state index in [9.17, 15) is 8.60 Å². The summed E-state index contributed by atoms with van der Waals surface area (Å²) in [5.74, 6) is -0.354. The molecule has 0 spiro atoms. The number of halogens is 1. The molecule has 0 aliphatic carbocycles. The molecule has 0 aliphatic rings. The van der Waals surface area contributed by atoms with Crippen molar-refractivity contribution in [1.82, 2.24) is 0 Å². The average Bonchev–Trinajstić information content (AvgIpc) is 2.41. The second-order valence-corrected chi connectivity index (χ2v) is 5.59. The van der Waals surface area contributed by atoms with Crippen molar-refractivity contribution in [2.75, 3.05) is 0 Å². The van der Waals surface area contributed by atoms with Gasteiger partial charge >= 0.3 is 0 Å². The number of aryl methyl sites for hydroxylation is 1. The van der Waals surface area contributed by atoms with Crippen LogP contribution in [0.15, 0.2) is 47.4 Å². The van der Waals surface area contributed by atoms with Crippen molar-refractivity contribution in [3.8, 4) is 6.07 Å². The second-order valence-electron chi connectivity index (χ2n) is 4.17. The average molecular weight is 273 g/mol. The zero-order valence-corrected chi connectivity index (χ0v) is 11.2. The van der Waals surface area contributed by atoms with Crippen molar-refractivity contribution in [3.63, 3.8) is 0 Å². The highest BCUT2D eigenvalue weighted by Crippen LogP contribution is 2.18. The van der Waals surface area contributed by atoms with Gasteiger partial charge in [0.15, 0.2) is 0 Å². The van der Waals surface area contributed by atoms with Crippen LogP contribution in [0.3, 0.4) is 0 Å². The van der Waals surface area contributed by atoms with E-state index in [1.54, 1.807) is 6.07 Å². The molecule has 0 fully saturated rings. The Labute approximate surface area is 114 Å². The maximum Gasteiger partial charge on any atom is 0.127 e. The Balaban J connectivity index is 2.30. The van der Waals surface area contributed by atoms with Crippen LogP contribution in [0.4, 0.5) is 4.39 Å². The van der Waals surface area contributed by atoms with E-state index in [4.69, 9.17) is 5.26 Å². The normalized spacial score (nSPS) is 11.8. The lowest BCUT2D eigenvalue weighted by molar-refractivity contribution is 0.615. The number of benzene rings is 2. The van der Waals surface area contributed by atoms with Crippen molar-refractivity contribution in [2.24, 2.45) is 0 Å². The van der Waals surface area contributed by atoms with Crippen molar-refractivity contribution >= 4 is 10.8 Å². The van der Waals surface area contributed by atoms with Crippen LogP contribution in [0.25, 0.3) is 0 Å². The van der Waals surface area contributed by atoms with Crippen LogP contribution in [-0.4, -0.2) is 4.21 Å². The van der Waals surface area contributed by atoms with Gasteiger partial charge in [0.1, 0.15) is 5.82 Å². The Morgan fingerprint density at radius 1 is 1.26 bits per heavy atom. The smallest absolute Gasteiger partial charge is 0.127 e.